The quantitative estimate of drug-likeness (QED) is 0.734. The highest BCUT2D eigenvalue weighted by molar-refractivity contribution is 7.89. The molecule has 0 bridgehead atoms. The number of thiazole rings is 1. The van der Waals surface area contributed by atoms with Gasteiger partial charge in [-0.3, -0.25) is 0 Å². The van der Waals surface area contributed by atoms with Crippen LogP contribution in [0.4, 0.5) is 0 Å². The number of carbonyl (C=O) groups is 1. The molecule has 0 aliphatic heterocycles. The van der Waals surface area contributed by atoms with Crippen LogP contribution in [0.15, 0.2) is 16.6 Å². The van der Waals surface area contributed by atoms with Crippen LogP contribution in [0, 0.1) is 0 Å². The topological polar surface area (TPSA) is 127 Å². The summed E-state index contributed by atoms with van der Waals surface area (Å²) in [4.78, 5) is 14.5. The lowest BCUT2D eigenvalue weighted by atomic mass is 10.4. The highest BCUT2D eigenvalue weighted by atomic mass is 32.2. The van der Waals surface area contributed by atoms with Gasteiger partial charge in [-0.15, -0.1) is 16.4 Å². The van der Waals surface area contributed by atoms with Gasteiger partial charge in [0.25, 0.3) is 10.0 Å². The Kier molecular flexibility index (Phi) is 4.11. The Labute approximate surface area is 118 Å². The van der Waals surface area contributed by atoms with Gasteiger partial charge in [-0.05, 0) is 0 Å². The Balaban J connectivity index is 1.95. The molecular weight excluding hydrogens is 306 g/mol. The third-order valence-corrected chi connectivity index (χ3v) is 4.76. The highest BCUT2D eigenvalue weighted by Crippen LogP contribution is 2.10. The zero-order valence-corrected chi connectivity index (χ0v) is 12.0. The Hall–Kier alpha value is -1.85. The molecule has 0 radical (unpaired) electrons. The minimum absolute atomic E-state index is 0.0382. The van der Waals surface area contributed by atoms with E-state index in [0.29, 0.717) is 11.4 Å². The van der Waals surface area contributed by atoms with Gasteiger partial charge in [0, 0.05) is 25.4 Å². The first-order valence-electron chi connectivity index (χ1n) is 5.42. The summed E-state index contributed by atoms with van der Waals surface area (Å²) in [6.45, 7) is 0.111. The minimum Gasteiger partial charge on any atom is -0.476 e. The molecule has 0 aliphatic rings. The Bertz CT molecular complexity index is 720. The number of carboxylic acids is 1. The molecule has 2 aromatic rings. The van der Waals surface area contributed by atoms with E-state index >= 15 is 0 Å². The van der Waals surface area contributed by atoms with Gasteiger partial charge in [0.15, 0.2) is 10.7 Å². The molecule has 0 atom stereocenters. The molecule has 2 rings (SSSR count). The first-order valence-corrected chi connectivity index (χ1v) is 7.78. The lowest BCUT2D eigenvalue weighted by molar-refractivity contribution is 0.0691. The molecule has 2 N–H and O–H groups in total. The van der Waals surface area contributed by atoms with E-state index in [0.717, 1.165) is 10.9 Å². The van der Waals surface area contributed by atoms with Crippen molar-refractivity contribution in [3.63, 3.8) is 0 Å². The molecule has 11 heteroatoms. The molecular formula is C9H11N5O4S2. The second kappa shape index (κ2) is 5.64. The van der Waals surface area contributed by atoms with Crippen LogP contribution in [0.3, 0.4) is 0 Å². The number of rotatable bonds is 6. The molecule has 0 fully saturated rings. The molecule has 108 valence electrons. The summed E-state index contributed by atoms with van der Waals surface area (Å²) in [5.41, 5.74) is -0.0382. The van der Waals surface area contributed by atoms with E-state index in [1.165, 1.54) is 23.8 Å². The van der Waals surface area contributed by atoms with Crippen LogP contribution in [0.5, 0.6) is 0 Å². The average Bonchev–Trinajstić information content (AvgIpc) is 2.97. The highest BCUT2D eigenvalue weighted by Gasteiger charge is 2.18. The number of sulfonamides is 1. The molecule has 0 saturated heterocycles. The number of carboxylic acid groups (broad SMARTS) is 1. The number of nitrogens with zero attached hydrogens (tertiary/aromatic N) is 4. The second-order valence-electron chi connectivity index (χ2n) is 3.78. The van der Waals surface area contributed by atoms with Gasteiger partial charge >= 0.3 is 5.97 Å². The van der Waals surface area contributed by atoms with Crippen LogP contribution in [0.25, 0.3) is 0 Å². The molecule has 0 unspecified atom stereocenters. The molecule has 2 aromatic heterocycles. The lowest BCUT2D eigenvalue weighted by Gasteiger charge is -2.04. The van der Waals surface area contributed by atoms with Crippen molar-refractivity contribution < 1.29 is 18.3 Å². The Morgan fingerprint density at radius 2 is 2.30 bits per heavy atom. The van der Waals surface area contributed by atoms with Crippen molar-refractivity contribution in [3.8, 4) is 0 Å². The number of aromatic nitrogens is 4. The Morgan fingerprint density at radius 1 is 1.55 bits per heavy atom. The van der Waals surface area contributed by atoms with Gasteiger partial charge < -0.3 is 5.11 Å². The fourth-order valence-electron chi connectivity index (χ4n) is 1.41. The van der Waals surface area contributed by atoms with Crippen molar-refractivity contribution in [2.75, 3.05) is 6.54 Å². The monoisotopic (exact) mass is 317 g/mol. The summed E-state index contributed by atoms with van der Waals surface area (Å²) >= 11 is 1.17. The molecule has 20 heavy (non-hydrogen) atoms. The first kappa shape index (κ1) is 14.6. The normalized spacial score (nSPS) is 11.7. The standard InChI is InChI=1S/C9H11N5O4S2/c1-14-8(4-10-13-14)20(17,18)11-3-2-7-12-6(5-19-7)9(15)16/h4-5,11H,2-3H2,1H3,(H,15,16). The predicted octanol–water partition coefficient (Wildman–Crippen LogP) is -0.509. The van der Waals surface area contributed by atoms with Crippen molar-refractivity contribution in [2.24, 2.45) is 7.05 Å². The number of hydrogen-bond acceptors (Lipinski definition) is 7. The molecule has 0 spiro atoms. The zero-order chi connectivity index (χ0) is 14.8. The van der Waals surface area contributed by atoms with Gasteiger partial charge in [0.2, 0.25) is 0 Å². The van der Waals surface area contributed by atoms with E-state index < -0.39 is 16.0 Å². The van der Waals surface area contributed by atoms with E-state index in [4.69, 9.17) is 5.11 Å². The maximum Gasteiger partial charge on any atom is 0.355 e. The molecule has 0 amide bonds. The molecule has 0 aliphatic carbocycles. The van der Waals surface area contributed by atoms with E-state index in [9.17, 15) is 13.2 Å². The van der Waals surface area contributed by atoms with Crippen LogP contribution in [-0.2, 0) is 23.5 Å². The summed E-state index contributed by atoms with van der Waals surface area (Å²) < 4.78 is 27.3. The first-order chi connectivity index (χ1) is 9.40. The summed E-state index contributed by atoms with van der Waals surface area (Å²) in [7, 11) is -2.21. The minimum atomic E-state index is -3.68. The van der Waals surface area contributed by atoms with Crippen molar-refractivity contribution in [1.29, 1.82) is 0 Å². The van der Waals surface area contributed by atoms with Crippen molar-refractivity contribution in [1.82, 2.24) is 24.7 Å². The van der Waals surface area contributed by atoms with E-state index in [1.807, 2.05) is 0 Å². The zero-order valence-electron chi connectivity index (χ0n) is 10.3. The van der Waals surface area contributed by atoms with Crippen LogP contribution in [0.1, 0.15) is 15.5 Å². The molecule has 0 aromatic carbocycles. The maximum absolute atomic E-state index is 11.9. The summed E-state index contributed by atoms with van der Waals surface area (Å²) in [6, 6.07) is 0. The van der Waals surface area contributed by atoms with Crippen LogP contribution >= 0.6 is 11.3 Å². The summed E-state index contributed by atoms with van der Waals surface area (Å²) in [5.74, 6) is -1.10. The smallest absolute Gasteiger partial charge is 0.355 e. The third-order valence-electron chi connectivity index (χ3n) is 2.35. The summed E-state index contributed by atoms with van der Waals surface area (Å²) in [6.07, 6.45) is 1.46. The molecule has 9 nitrogen and oxygen atoms in total. The Morgan fingerprint density at radius 3 is 2.85 bits per heavy atom. The fourth-order valence-corrected chi connectivity index (χ4v) is 3.27. The second-order valence-corrected chi connectivity index (χ2v) is 6.43. The average molecular weight is 317 g/mol. The number of aryl methyl sites for hydroxylation is 1. The van der Waals surface area contributed by atoms with Crippen LogP contribution in [0.2, 0.25) is 0 Å². The van der Waals surface area contributed by atoms with Gasteiger partial charge in [0.1, 0.15) is 0 Å². The maximum atomic E-state index is 11.9. The van der Waals surface area contributed by atoms with Gasteiger partial charge in [0.05, 0.1) is 11.2 Å². The SMILES string of the molecule is Cn1nncc1S(=O)(=O)NCCc1nc(C(=O)O)cs1. The van der Waals surface area contributed by atoms with E-state index in [-0.39, 0.29) is 17.3 Å². The van der Waals surface area contributed by atoms with Crippen molar-refractivity contribution in [3.05, 3.63) is 22.3 Å². The number of aromatic carboxylic acids is 1. The van der Waals surface area contributed by atoms with Gasteiger partial charge in [-0.1, -0.05) is 5.21 Å². The fraction of sp³-hybridized carbons (Fsp3) is 0.333. The van der Waals surface area contributed by atoms with Crippen molar-refractivity contribution in [2.45, 2.75) is 11.4 Å². The largest absolute Gasteiger partial charge is 0.476 e. The predicted molar refractivity (Wildman–Crippen MR) is 69.0 cm³/mol. The number of nitrogens with one attached hydrogen (secondary N) is 1. The van der Waals surface area contributed by atoms with Gasteiger partial charge in [-0.2, -0.15) is 0 Å². The van der Waals surface area contributed by atoms with Gasteiger partial charge in [-0.25, -0.2) is 27.6 Å². The molecule has 2 heterocycles. The van der Waals surface area contributed by atoms with Crippen LogP contribution < -0.4 is 4.72 Å². The third kappa shape index (κ3) is 3.18. The number of hydrogen-bond donors (Lipinski definition) is 2. The molecule has 0 saturated carbocycles. The van der Waals surface area contributed by atoms with Crippen molar-refractivity contribution >= 4 is 27.3 Å². The summed E-state index contributed by atoms with van der Waals surface area (Å²) in [5, 5.41) is 17.7. The van der Waals surface area contributed by atoms with E-state index in [2.05, 4.69) is 20.0 Å². The van der Waals surface area contributed by atoms with Crippen LogP contribution in [-0.4, -0.2) is 46.0 Å². The lowest BCUT2D eigenvalue weighted by Crippen LogP contribution is -2.27. The van der Waals surface area contributed by atoms with E-state index in [1.54, 1.807) is 0 Å².